The van der Waals surface area contributed by atoms with Crippen LogP contribution in [0.5, 0.6) is 11.5 Å². The van der Waals surface area contributed by atoms with Crippen LogP contribution in [0, 0.1) is 0 Å². The molecule has 0 aromatic heterocycles. The molecule has 0 spiro atoms. The summed E-state index contributed by atoms with van der Waals surface area (Å²) in [7, 11) is 5.10. The fourth-order valence-corrected chi connectivity index (χ4v) is 3.48. The Bertz CT molecular complexity index is 653. The molecular formula is C21H36N4O3. The monoisotopic (exact) mass is 392 g/mol. The third-order valence-electron chi connectivity index (χ3n) is 5.13. The molecule has 1 saturated heterocycles. The summed E-state index contributed by atoms with van der Waals surface area (Å²) < 4.78 is 16.6. The van der Waals surface area contributed by atoms with Gasteiger partial charge in [-0.2, -0.15) is 0 Å². The molecule has 1 fully saturated rings. The molecular weight excluding hydrogens is 356 g/mol. The lowest BCUT2D eigenvalue weighted by Crippen LogP contribution is -2.59. The third kappa shape index (κ3) is 6.01. The molecule has 28 heavy (non-hydrogen) atoms. The summed E-state index contributed by atoms with van der Waals surface area (Å²) >= 11 is 0. The number of methoxy groups -OCH3 is 2. The maximum atomic E-state index is 5.87. The van der Waals surface area contributed by atoms with Crippen LogP contribution in [-0.2, 0) is 11.3 Å². The van der Waals surface area contributed by atoms with E-state index in [1.165, 1.54) is 0 Å². The lowest BCUT2D eigenvalue weighted by atomic mass is 10.00. The highest BCUT2D eigenvalue weighted by Crippen LogP contribution is 2.24. The maximum absolute atomic E-state index is 5.87. The lowest BCUT2D eigenvalue weighted by molar-refractivity contribution is -0.0946. The second-order valence-corrected chi connectivity index (χ2v) is 7.93. The minimum absolute atomic E-state index is 0.0122. The SMILES string of the molecule is CN=C(NCc1ccc(OC)cc1OC)NCC(C)(C)N1CC(C)OC(C)C1. The van der Waals surface area contributed by atoms with Crippen molar-refractivity contribution in [1.82, 2.24) is 15.5 Å². The highest BCUT2D eigenvalue weighted by molar-refractivity contribution is 5.79. The predicted octanol–water partition coefficient (Wildman–Crippen LogP) is 2.26. The van der Waals surface area contributed by atoms with Crippen LogP contribution in [0.2, 0.25) is 0 Å². The summed E-state index contributed by atoms with van der Waals surface area (Å²) in [6.07, 6.45) is 0.506. The first kappa shape index (κ1) is 22.3. The average Bonchev–Trinajstić information content (AvgIpc) is 2.67. The number of nitrogens with one attached hydrogen (secondary N) is 2. The van der Waals surface area contributed by atoms with Gasteiger partial charge >= 0.3 is 0 Å². The van der Waals surface area contributed by atoms with Crippen LogP contribution >= 0.6 is 0 Å². The Balaban J connectivity index is 1.92. The van der Waals surface area contributed by atoms with Crippen molar-refractivity contribution in [1.29, 1.82) is 0 Å². The molecule has 2 atom stereocenters. The van der Waals surface area contributed by atoms with Gasteiger partial charge in [0.25, 0.3) is 0 Å². The van der Waals surface area contributed by atoms with Gasteiger partial charge in [-0.3, -0.25) is 9.89 Å². The van der Waals surface area contributed by atoms with Crippen LogP contribution in [0.1, 0.15) is 33.3 Å². The molecule has 158 valence electrons. The number of rotatable bonds is 7. The molecule has 1 aromatic rings. The summed E-state index contributed by atoms with van der Waals surface area (Å²) in [4.78, 5) is 6.84. The van der Waals surface area contributed by atoms with Gasteiger partial charge < -0.3 is 24.8 Å². The number of nitrogens with zero attached hydrogens (tertiary/aromatic N) is 2. The quantitative estimate of drug-likeness (QED) is 0.548. The van der Waals surface area contributed by atoms with Crippen LogP contribution in [0.15, 0.2) is 23.2 Å². The van der Waals surface area contributed by atoms with Crippen molar-refractivity contribution in [3.8, 4) is 11.5 Å². The van der Waals surface area contributed by atoms with E-state index in [0.29, 0.717) is 6.54 Å². The van der Waals surface area contributed by atoms with E-state index in [1.807, 2.05) is 18.2 Å². The Morgan fingerprint density at radius 3 is 2.43 bits per heavy atom. The van der Waals surface area contributed by atoms with Gasteiger partial charge in [-0.05, 0) is 39.8 Å². The maximum Gasteiger partial charge on any atom is 0.191 e. The number of morpholine rings is 1. The largest absolute Gasteiger partial charge is 0.497 e. The third-order valence-corrected chi connectivity index (χ3v) is 5.13. The molecule has 0 radical (unpaired) electrons. The lowest BCUT2D eigenvalue weighted by Gasteiger charge is -2.45. The standard InChI is InChI=1S/C21H36N4O3/c1-15-12-25(13-16(2)28-15)21(3,4)14-24-20(22-5)23-11-17-8-9-18(26-6)10-19(17)27-7/h8-10,15-16H,11-14H2,1-7H3,(H2,22,23,24). The molecule has 0 aliphatic carbocycles. The van der Waals surface area contributed by atoms with Crippen LogP contribution in [0.3, 0.4) is 0 Å². The number of guanidine groups is 1. The minimum Gasteiger partial charge on any atom is -0.497 e. The topological polar surface area (TPSA) is 67.4 Å². The summed E-state index contributed by atoms with van der Waals surface area (Å²) in [5.74, 6) is 2.33. The van der Waals surface area contributed by atoms with Gasteiger partial charge in [0.05, 0.1) is 26.4 Å². The highest BCUT2D eigenvalue weighted by atomic mass is 16.5. The Kier molecular flexibility index (Phi) is 7.95. The van der Waals surface area contributed by atoms with Gasteiger partial charge in [0.1, 0.15) is 11.5 Å². The average molecular weight is 393 g/mol. The Morgan fingerprint density at radius 2 is 1.86 bits per heavy atom. The van der Waals surface area contributed by atoms with E-state index in [4.69, 9.17) is 14.2 Å². The molecule has 0 amide bonds. The van der Waals surface area contributed by atoms with E-state index in [2.05, 4.69) is 48.2 Å². The molecule has 0 bridgehead atoms. The van der Waals surface area contributed by atoms with Crippen molar-refractivity contribution in [2.24, 2.45) is 4.99 Å². The summed E-state index contributed by atoms with van der Waals surface area (Å²) in [6.45, 7) is 12.0. The van der Waals surface area contributed by atoms with E-state index in [9.17, 15) is 0 Å². The first-order chi connectivity index (χ1) is 13.3. The van der Waals surface area contributed by atoms with Gasteiger partial charge in [0.15, 0.2) is 5.96 Å². The van der Waals surface area contributed by atoms with Gasteiger partial charge in [-0.1, -0.05) is 0 Å². The highest BCUT2D eigenvalue weighted by Gasteiger charge is 2.33. The number of benzene rings is 1. The van der Waals surface area contributed by atoms with E-state index in [0.717, 1.165) is 42.7 Å². The first-order valence-corrected chi connectivity index (χ1v) is 9.85. The fraction of sp³-hybridized carbons (Fsp3) is 0.667. The van der Waals surface area contributed by atoms with Crippen LogP contribution in [-0.4, -0.2) is 69.5 Å². The number of aliphatic imine (C=N–C) groups is 1. The van der Waals surface area contributed by atoms with Crippen molar-refractivity contribution in [2.45, 2.75) is 52.0 Å². The van der Waals surface area contributed by atoms with Gasteiger partial charge in [-0.25, -0.2) is 0 Å². The van der Waals surface area contributed by atoms with Crippen LogP contribution < -0.4 is 20.1 Å². The zero-order chi connectivity index (χ0) is 20.7. The molecule has 7 heteroatoms. The van der Waals surface area contributed by atoms with E-state index < -0.39 is 0 Å². The summed E-state index contributed by atoms with van der Waals surface area (Å²) in [6, 6.07) is 5.81. The molecule has 1 heterocycles. The fourth-order valence-electron chi connectivity index (χ4n) is 3.48. The number of hydrogen-bond acceptors (Lipinski definition) is 5. The Morgan fingerprint density at radius 1 is 1.18 bits per heavy atom. The van der Waals surface area contributed by atoms with E-state index in [-0.39, 0.29) is 17.7 Å². The molecule has 2 unspecified atom stereocenters. The summed E-state index contributed by atoms with van der Waals surface area (Å²) in [5.41, 5.74) is 1.03. The van der Waals surface area contributed by atoms with Crippen molar-refractivity contribution < 1.29 is 14.2 Å². The molecule has 2 N–H and O–H groups in total. The van der Waals surface area contributed by atoms with E-state index in [1.54, 1.807) is 21.3 Å². The molecule has 1 aliphatic heterocycles. The molecule has 2 rings (SSSR count). The van der Waals surface area contributed by atoms with Crippen molar-refractivity contribution in [3.05, 3.63) is 23.8 Å². The molecule has 7 nitrogen and oxygen atoms in total. The molecule has 1 aromatic carbocycles. The van der Waals surface area contributed by atoms with Crippen molar-refractivity contribution >= 4 is 5.96 Å². The first-order valence-electron chi connectivity index (χ1n) is 9.85. The summed E-state index contributed by atoms with van der Waals surface area (Å²) in [5, 5.41) is 6.82. The van der Waals surface area contributed by atoms with Gasteiger partial charge in [-0.15, -0.1) is 0 Å². The number of hydrogen-bond donors (Lipinski definition) is 2. The van der Waals surface area contributed by atoms with Gasteiger partial charge in [0, 0.05) is 50.4 Å². The van der Waals surface area contributed by atoms with Crippen LogP contribution in [0.4, 0.5) is 0 Å². The molecule has 1 aliphatic rings. The van der Waals surface area contributed by atoms with Crippen molar-refractivity contribution in [2.75, 3.05) is 40.9 Å². The zero-order valence-corrected chi connectivity index (χ0v) is 18.3. The Hall–Kier alpha value is -1.99. The van der Waals surface area contributed by atoms with Gasteiger partial charge in [0.2, 0.25) is 0 Å². The van der Waals surface area contributed by atoms with E-state index >= 15 is 0 Å². The second kappa shape index (κ2) is 9.98. The molecule has 0 saturated carbocycles. The second-order valence-electron chi connectivity index (χ2n) is 7.93. The smallest absolute Gasteiger partial charge is 0.191 e. The van der Waals surface area contributed by atoms with Crippen LogP contribution in [0.25, 0.3) is 0 Å². The zero-order valence-electron chi connectivity index (χ0n) is 18.3. The normalized spacial score (nSPS) is 21.3. The number of ether oxygens (including phenoxy) is 3. The van der Waals surface area contributed by atoms with Crippen molar-refractivity contribution in [3.63, 3.8) is 0 Å². The minimum atomic E-state index is -0.0122. The Labute approximate surface area is 169 Å². The predicted molar refractivity (Wildman–Crippen MR) is 113 cm³/mol.